The van der Waals surface area contributed by atoms with Crippen LogP contribution in [0, 0.1) is 6.92 Å². The van der Waals surface area contributed by atoms with Crippen LogP contribution in [0.15, 0.2) is 30.3 Å². The standard InChI is InChI=1S/C21H26N2O4/c1-14-9-15(5-6-18(14)25-2)12-22-21(24)23-8-7-16-10-19(26-3)20(27-4)11-17(16)13-23/h5-6,9-11H,7-8,12-13H2,1-4H3,(H,22,24). The number of aryl methyl sites for hydroxylation is 1. The van der Waals surface area contributed by atoms with Crippen molar-refractivity contribution in [1.82, 2.24) is 10.2 Å². The van der Waals surface area contributed by atoms with Gasteiger partial charge in [0.05, 0.1) is 21.3 Å². The summed E-state index contributed by atoms with van der Waals surface area (Å²) in [5.74, 6) is 2.26. The lowest BCUT2D eigenvalue weighted by atomic mass is 9.99. The number of hydrogen-bond acceptors (Lipinski definition) is 4. The lowest BCUT2D eigenvalue weighted by molar-refractivity contribution is 0.191. The molecule has 0 saturated heterocycles. The highest BCUT2D eigenvalue weighted by molar-refractivity contribution is 5.74. The molecule has 2 aromatic rings. The number of fused-ring (bicyclic) bond motifs is 1. The summed E-state index contributed by atoms with van der Waals surface area (Å²) < 4.78 is 16.0. The molecule has 27 heavy (non-hydrogen) atoms. The Morgan fingerprint density at radius 3 is 2.30 bits per heavy atom. The van der Waals surface area contributed by atoms with Crippen LogP contribution in [0.4, 0.5) is 4.79 Å². The van der Waals surface area contributed by atoms with Crippen molar-refractivity contribution in [1.29, 1.82) is 0 Å². The number of nitrogens with one attached hydrogen (secondary N) is 1. The summed E-state index contributed by atoms with van der Waals surface area (Å²) in [6.07, 6.45) is 0.796. The van der Waals surface area contributed by atoms with Gasteiger partial charge in [0.15, 0.2) is 11.5 Å². The van der Waals surface area contributed by atoms with Crippen molar-refractivity contribution in [2.45, 2.75) is 26.4 Å². The Morgan fingerprint density at radius 2 is 1.67 bits per heavy atom. The van der Waals surface area contributed by atoms with Gasteiger partial charge in [0.25, 0.3) is 0 Å². The summed E-state index contributed by atoms with van der Waals surface area (Å²) in [6, 6.07) is 9.82. The summed E-state index contributed by atoms with van der Waals surface area (Å²) >= 11 is 0. The van der Waals surface area contributed by atoms with E-state index in [-0.39, 0.29) is 6.03 Å². The maximum Gasteiger partial charge on any atom is 0.317 e. The second-order valence-corrected chi connectivity index (χ2v) is 6.61. The Kier molecular flexibility index (Phi) is 5.74. The van der Waals surface area contributed by atoms with Crippen molar-refractivity contribution in [2.75, 3.05) is 27.9 Å². The third-order valence-corrected chi connectivity index (χ3v) is 4.91. The molecule has 0 aliphatic carbocycles. The van der Waals surface area contributed by atoms with E-state index in [1.807, 2.05) is 42.2 Å². The van der Waals surface area contributed by atoms with Gasteiger partial charge < -0.3 is 24.4 Å². The van der Waals surface area contributed by atoms with Gasteiger partial charge in [0.1, 0.15) is 5.75 Å². The number of carbonyl (C=O) groups is 1. The summed E-state index contributed by atoms with van der Waals surface area (Å²) in [6.45, 7) is 3.71. The van der Waals surface area contributed by atoms with Gasteiger partial charge in [-0.15, -0.1) is 0 Å². The van der Waals surface area contributed by atoms with Gasteiger partial charge in [-0.2, -0.15) is 0 Å². The zero-order chi connectivity index (χ0) is 19.4. The van der Waals surface area contributed by atoms with Gasteiger partial charge in [0, 0.05) is 19.6 Å². The molecule has 1 aliphatic heterocycles. The minimum absolute atomic E-state index is 0.0658. The predicted molar refractivity (Wildman–Crippen MR) is 104 cm³/mol. The van der Waals surface area contributed by atoms with Crippen LogP contribution < -0.4 is 19.5 Å². The van der Waals surface area contributed by atoms with Crippen LogP contribution >= 0.6 is 0 Å². The summed E-state index contributed by atoms with van der Waals surface area (Å²) in [5.41, 5.74) is 4.39. The second kappa shape index (κ2) is 8.20. The van der Waals surface area contributed by atoms with Crippen molar-refractivity contribution in [3.8, 4) is 17.2 Å². The van der Waals surface area contributed by atoms with Crippen LogP contribution in [0.3, 0.4) is 0 Å². The van der Waals surface area contributed by atoms with E-state index in [4.69, 9.17) is 14.2 Å². The number of benzene rings is 2. The molecule has 0 spiro atoms. The third-order valence-electron chi connectivity index (χ3n) is 4.91. The molecular formula is C21H26N2O4. The molecule has 1 heterocycles. The molecular weight excluding hydrogens is 344 g/mol. The Bertz CT molecular complexity index is 835. The number of urea groups is 1. The van der Waals surface area contributed by atoms with Crippen LogP contribution in [-0.2, 0) is 19.5 Å². The average molecular weight is 370 g/mol. The molecule has 0 aromatic heterocycles. The zero-order valence-corrected chi connectivity index (χ0v) is 16.3. The van der Waals surface area contributed by atoms with E-state index < -0.39 is 0 Å². The van der Waals surface area contributed by atoms with Gasteiger partial charge >= 0.3 is 6.03 Å². The fraction of sp³-hybridized carbons (Fsp3) is 0.381. The van der Waals surface area contributed by atoms with Gasteiger partial charge in [-0.05, 0) is 53.8 Å². The highest BCUT2D eigenvalue weighted by Crippen LogP contribution is 2.33. The molecule has 2 amide bonds. The minimum Gasteiger partial charge on any atom is -0.496 e. The zero-order valence-electron chi connectivity index (χ0n) is 16.3. The predicted octanol–water partition coefficient (Wildman–Crippen LogP) is 3.29. The number of nitrogens with zero attached hydrogens (tertiary/aromatic N) is 1. The minimum atomic E-state index is -0.0658. The molecule has 3 rings (SSSR count). The SMILES string of the molecule is COc1ccc(CNC(=O)N2CCc3cc(OC)c(OC)cc3C2)cc1C. The van der Waals surface area contributed by atoms with Crippen LogP contribution in [-0.4, -0.2) is 38.8 Å². The Labute approximate surface area is 160 Å². The highest BCUT2D eigenvalue weighted by atomic mass is 16.5. The molecule has 0 bridgehead atoms. The topological polar surface area (TPSA) is 60.0 Å². The van der Waals surface area contributed by atoms with Gasteiger partial charge in [-0.3, -0.25) is 0 Å². The van der Waals surface area contributed by atoms with Crippen molar-refractivity contribution < 1.29 is 19.0 Å². The number of carbonyl (C=O) groups excluding carboxylic acids is 1. The number of amides is 2. The lowest BCUT2D eigenvalue weighted by Crippen LogP contribution is -2.42. The number of methoxy groups -OCH3 is 3. The molecule has 0 unspecified atom stereocenters. The van der Waals surface area contributed by atoms with E-state index in [1.54, 1.807) is 21.3 Å². The monoisotopic (exact) mass is 370 g/mol. The Hall–Kier alpha value is -2.89. The maximum absolute atomic E-state index is 12.6. The first kappa shape index (κ1) is 18.9. The molecule has 0 radical (unpaired) electrons. The number of rotatable bonds is 5. The number of hydrogen-bond donors (Lipinski definition) is 1. The molecule has 1 N–H and O–H groups in total. The molecule has 6 nitrogen and oxygen atoms in total. The van der Waals surface area contributed by atoms with Gasteiger partial charge in [-0.25, -0.2) is 4.79 Å². The van der Waals surface area contributed by atoms with Crippen molar-refractivity contribution in [3.05, 3.63) is 52.6 Å². The van der Waals surface area contributed by atoms with Gasteiger partial charge in [0.2, 0.25) is 0 Å². The quantitative estimate of drug-likeness (QED) is 0.877. The van der Waals surface area contributed by atoms with E-state index in [0.717, 1.165) is 34.6 Å². The van der Waals surface area contributed by atoms with E-state index in [0.29, 0.717) is 25.4 Å². The van der Waals surface area contributed by atoms with Crippen LogP contribution in [0.5, 0.6) is 17.2 Å². The van der Waals surface area contributed by atoms with E-state index >= 15 is 0 Å². The molecule has 2 aromatic carbocycles. The lowest BCUT2D eigenvalue weighted by Gasteiger charge is -2.29. The van der Waals surface area contributed by atoms with E-state index in [2.05, 4.69) is 5.32 Å². The van der Waals surface area contributed by atoms with E-state index in [1.165, 1.54) is 5.56 Å². The summed E-state index contributed by atoms with van der Waals surface area (Å²) in [7, 11) is 4.91. The highest BCUT2D eigenvalue weighted by Gasteiger charge is 2.22. The summed E-state index contributed by atoms with van der Waals surface area (Å²) in [4.78, 5) is 14.4. The Morgan fingerprint density at radius 1 is 1.00 bits per heavy atom. The number of ether oxygens (including phenoxy) is 3. The summed E-state index contributed by atoms with van der Waals surface area (Å²) in [5, 5.41) is 3.01. The van der Waals surface area contributed by atoms with Crippen molar-refractivity contribution in [3.63, 3.8) is 0 Å². The second-order valence-electron chi connectivity index (χ2n) is 6.61. The normalized spacial score (nSPS) is 13.0. The van der Waals surface area contributed by atoms with Crippen molar-refractivity contribution >= 4 is 6.03 Å². The Balaban J connectivity index is 1.64. The molecule has 144 valence electrons. The fourth-order valence-corrected chi connectivity index (χ4v) is 3.40. The average Bonchev–Trinajstić information content (AvgIpc) is 2.70. The van der Waals surface area contributed by atoms with Crippen LogP contribution in [0.25, 0.3) is 0 Å². The molecule has 1 aliphatic rings. The largest absolute Gasteiger partial charge is 0.496 e. The maximum atomic E-state index is 12.6. The van der Waals surface area contributed by atoms with Crippen molar-refractivity contribution in [2.24, 2.45) is 0 Å². The smallest absolute Gasteiger partial charge is 0.317 e. The fourth-order valence-electron chi connectivity index (χ4n) is 3.40. The van der Waals surface area contributed by atoms with Crippen LogP contribution in [0.2, 0.25) is 0 Å². The van der Waals surface area contributed by atoms with Crippen LogP contribution in [0.1, 0.15) is 22.3 Å². The van der Waals surface area contributed by atoms with E-state index in [9.17, 15) is 4.79 Å². The third kappa shape index (κ3) is 4.10. The molecule has 0 fully saturated rings. The first-order valence-electron chi connectivity index (χ1n) is 8.95. The molecule has 6 heteroatoms. The first-order valence-corrected chi connectivity index (χ1v) is 8.95. The van der Waals surface area contributed by atoms with Gasteiger partial charge in [-0.1, -0.05) is 12.1 Å². The molecule has 0 saturated carbocycles. The molecule has 0 atom stereocenters. The first-order chi connectivity index (χ1) is 13.0.